The summed E-state index contributed by atoms with van der Waals surface area (Å²) in [7, 11) is 0. The van der Waals surface area contributed by atoms with E-state index in [9.17, 15) is 13.6 Å². The van der Waals surface area contributed by atoms with Crippen LogP contribution in [0.3, 0.4) is 0 Å². The number of aromatic nitrogens is 3. The minimum Gasteiger partial charge on any atom is -0.356 e. The van der Waals surface area contributed by atoms with Crippen molar-refractivity contribution in [2.24, 2.45) is 0 Å². The van der Waals surface area contributed by atoms with Crippen LogP contribution in [-0.4, -0.2) is 20.9 Å². The highest BCUT2D eigenvalue weighted by molar-refractivity contribution is 7.13. The smallest absolute Gasteiger partial charge is 0.287 e. The van der Waals surface area contributed by atoms with Gasteiger partial charge >= 0.3 is 0 Å². The normalized spacial score (nSPS) is 12.6. The van der Waals surface area contributed by atoms with Crippen molar-refractivity contribution in [3.8, 4) is 10.6 Å². The molecule has 3 aromatic rings. The monoisotopic (exact) mass is 378 g/mol. The van der Waals surface area contributed by atoms with Crippen molar-refractivity contribution in [1.29, 1.82) is 0 Å². The third kappa shape index (κ3) is 3.46. The fourth-order valence-corrected chi connectivity index (χ4v) is 3.68. The van der Waals surface area contributed by atoms with E-state index in [2.05, 4.69) is 20.3 Å². The molecule has 3 heterocycles. The number of nitrogens with one attached hydrogen (secondary N) is 2. The van der Waals surface area contributed by atoms with Gasteiger partial charge in [-0.2, -0.15) is 8.78 Å². The Morgan fingerprint density at radius 1 is 1.27 bits per heavy atom. The van der Waals surface area contributed by atoms with Crippen LogP contribution in [0.4, 0.5) is 14.6 Å². The maximum atomic E-state index is 13.6. The molecule has 0 atom stereocenters. The van der Waals surface area contributed by atoms with Gasteiger partial charge in [-0.25, -0.2) is 9.97 Å². The quantitative estimate of drug-likeness (QED) is 0.670. The molecule has 26 heavy (non-hydrogen) atoms. The molecule has 0 aliphatic rings. The average Bonchev–Trinajstić information content (AvgIpc) is 3.08. The number of carbonyl (C=O) groups is 1. The van der Waals surface area contributed by atoms with E-state index in [4.69, 9.17) is 0 Å². The number of rotatable bonds is 3. The van der Waals surface area contributed by atoms with Gasteiger partial charge in [-0.05, 0) is 6.07 Å². The Bertz CT molecular complexity index is 979. The Balaban J connectivity index is 2.26. The van der Waals surface area contributed by atoms with E-state index in [0.717, 1.165) is 29.1 Å². The predicted octanol–water partition coefficient (Wildman–Crippen LogP) is 5.05. The van der Waals surface area contributed by atoms with Gasteiger partial charge in [0, 0.05) is 41.3 Å². The highest BCUT2D eigenvalue weighted by Crippen LogP contribution is 2.41. The molecule has 5 nitrogen and oxygen atoms in total. The van der Waals surface area contributed by atoms with Gasteiger partial charge in [0.15, 0.2) is 0 Å². The van der Waals surface area contributed by atoms with E-state index in [1.165, 1.54) is 23.6 Å². The summed E-state index contributed by atoms with van der Waals surface area (Å²) in [4.78, 5) is 23.1. The Morgan fingerprint density at radius 3 is 2.50 bits per heavy atom. The van der Waals surface area contributed by atoms with Crippen LogP contribution in [0, 0.1) is 0 Å². The minimum absolute atomic E-state index is 0.229. The number of hydrogen-bond donors (Lipinski definition) is 2. The van der Waals surface area contributed by atoms with Crippen LogP contribution in [0.5, 0.6) is 0 Å². The number of fused-ring (bicyclic) bond motifs is 1. The first-order valence-electron chi connectivity index (χ1n) is 8.11. The molecule has 0 spiro atoms. The molecule has 0 saturated heterocycles. The van der Waals surface area contributed by atoms with Gasteiger partial charge < -0.3 is 10.3 Å². The van der Waals surface area contributed by atoms with E-state index < -0.39 is 5.92 Å². The number of thiazole rings is 1. The topological polar surface area (TPSA) is 70.7 Å². The van der Waals surface area contributed by atoms with Crippen molar-refractivity contribution in [3.63, 3.8) is 0 Å². The van der Waals surface area contributed by atoms with Crippen LogP contribution >= 0.6 is 11.3 Å². The summed E-state index contributed by atoms with van der Waals surface area (Å²) in [5.41, 5.74) is 1.90. The first-order chi connectivity index (χ1) is 12.0. The van der Waals surface area contributed by atoms with Gasteiger partial charge in [-0.3, -0.25) is 4.79 Å². The third-order valence-corrected chi connectivity index (χ3v) is 4.76. The zero-order valence-corrected chi connectivity index (χ0v) is 16.0. The average molecular weight is 378 g/mol. The first kappa shape index (κ1) is 18.4. The lowest BCUT2D eigenvalue weighted by Gasteiger charge is -2.18. The predicted molar refractivity (Wildman–Crippen MR) is 99.8 cm³/mol. The molecule has 0 saturated carbocycles. The molecule has 0 radical (unpaired) electrons. The Labute approximate surface area is 153 Å². The maximum Gasteiger partial charge on any atom is 0.287 e. The SMILES string of the molecule is CC(=O)Nc1cc2c(-c3nc(C(C)(F)F)cs3)c(C(C)(C)C)[nH]c2cn1. The standard InChI is InChI=1S/C18H20F2N4OS/c1-9(25)22-13-6-10-11(7-21-13)23-15(17(2,3)4)14(10)16-24-12(8-26-16)18(5,19)20/h6-8,23H,1-5H3,(H,21,22,25). The van der Waals surface area contributed by atoms with Gasteiger partial charge in [-0.1, -0.05) is 20.8 Å². The largest absolute Gasteiger partial charge is 0.356 e. The van der Waals surface area contributed by atoms with Crippen LogP contribution in [0.25, 0.3) is 21.5 Å². The van der Waals surface area contributed by atoms with Gasteiger partial charge in [-0.15, -0.1) is 11.3 Å². The summed E-state index contributed by atoms with van der Waals surface area (Å²) in [6, 6.07) is 1.74. The van der Waals surface area contributed by atoms with E-state index in [-0.39, 0.29) is 17.0 Å². The molecular formula is C18H20F2N4OS. The van der Waals surface area contributed by atoms with Crippen molar-refractivity contribution >= 4 is 34.0 Å². The van der Waals surface area contributed by atoms with Crippen molar-refractivity contribution in [2.75, 3.05) is 5.32 Å². The van der Waals surface area contributed by atoms with Gasteiger partial charge in [0.05, 0.1) is 11.7 Å². The molecule has 3 rings (SSSR count). The zero-order valence-electron chi connectivity index (χ0n) is 15.2. The third-order valence-electron chi connectivity index (χ3n) is 3.90. The fourth-order valence-electron chi connectivity index (χ4n) is 2.72. The second-order valence-corrected chi connectivity index (χ2v) is 8.21. The molecule has 2 N–H and O–H groups in total. The van der Waals surface area contributed by atoms with Gasteiger partial charge in [0.1, 0.15) is 16.5 Å². The second-order valence-electron chi connectivity index (χ2n) is 7.35. The molecule has 3 aromatic heterocycles. The lowest BCUT2D eigenvalue weighted by atomic mass is 9.89. The summed E-state index contributed by atoms with van der Waals surface area (Å²) in [5.74, 6) is -2.82. The molecule has 0 aliphatic heterocycles. The summed E-state index contributed by atoms with van der Waals surface area (Å²) in [5, 5.41) is 5.34. The van der Waals surface area contributed by atoms with Crippen LogP contribution in [0.15, 0.2) is 17.6 Å². The van der Waals surface area contributed by atoms with E-state index in [1.54, 1.807) is 12.3 Å². The van der Waals surface area contributed by atoms with E-state index >= 15 is 0 Å². The number of alkyl halides is 2. The van der Waals surface area contributed by atoms with E-state index in [1.807, 2.05) is 20.8 Å². The van der Waals surface area contributed by atoms with Gasteiger partial charge in [0.2, 0.25) is 5.91 Å². The molecule has 0 aromatic carbocycles. The lowest BCUT2D eigenvalue weighted by molar-refractivity contribution is -0.114. The van der Waals surface area contributed by atoms with E-state index in [0.29, 0.717) is 10.8 Å². The highest BCUT2D eigenvalue weighted by Gasteiger charge is 2.30. The molecule has 0 fully saturated rings. The maximum absolute atomic E-state index is 13.6. The number of hydrogen-bond acceptors (Lipinski definition) is 4. The first-order valence-corrected chi connectivity index (χ1v) is 8.99. The number of H-pyrrole nitrogens is 1. The van der Waals surface area contributed by atoms with Gasteiger partial charge in [0.25, 0.3) is 5.92 Å². The molecular weight excluding hydrogens is 358 g/mol. The Hall–Kier alpha value is -2.35. The molecule has 0 unspecified atom stereocenters. The zero-order chi connectivity index (χ0) is 19.3. The summed E-state index contributed by atoms with van der Waals surface area (Å²) < 4.78 is 27.3. The van der Waals surface area contributed by atoms with Crippen LogP contribution < -0.4 is 5.32 Å². The number of anilines is 1. The Morgan fingerprint density at radius 2 is 1.96 bits per heavy atom. The number of nitrogens with zero attached hydrogens (tertiary/aromatic N) is 2. The number of amides is 1. The van der Waals surface area contributed by atoms with Crippen molar-refractivity contribution in [3.05, 3.63) is 29.0 Å². The van der Waals surface area contributed by atoms with Crippen LogP contribution in [0.1, 0.15) is 46.0 Å². The second kappa shape index (κ2) is 6.12. The van der Waals surface area contributed by atoms with Crippen molar-refractivity contribution < 1.29 is 13.6 Å². The molecule has 0 aliphatic carbocycles. The minimum atomic E-state index is -2.99. The Kier molecular flexibility index (Phi) is 4.34. The van der Waals surface area contributed by atoms with Crippen LogP contribution in [0.2, 0.25) is 0 Å². The summed E-state index contributed by atoms with van der Waals surface area (Å²) in [6.07, 6.45) is 1.63. The summed E-state index contributed by atoms with van der Waals surface area (Å²) >= 11 is 1.18. The lowest BCUT2D eigenvalue weighted by Crippen LogP contribution is -2.13. The highest BCUT2D eigenvalue weighted by atomic mass is 32.1. The number of halogens is 2. The molecule has 1 amide bonds. The number of aromatic amines is 1. The molecule has 138 valence electrons. The molecule has 0 bridgehead atoms. The van der Waals surface area contributed by atoms with Crippen molar-refractivity contribution in [1.82, 2.24) is 15.0 Å². The fraction of sp³-hybridized carbons (Fsp3) is 0.389. The number of carbonyl (C=O) groups excluding carboxylic acids is 1. The number of pyridine rings is 1. The molecule has 8 heteroatoms. The summed E-state index contributed by atoms with van der Waals surface area (Å²) in [6.45, 7) is 8.34. The van der Waals surface area contributed by atoms with Crippen molar-refractivity contribution in [2.45, 2.75) is 46.0 Å². The van der Waals surface area contributed by atoms with Crippen LogP contribution in [-0.2, 0) is 16.1 Å².